The van der Waals surface area contributed by atoms with E-state index < -0.39 is 5.82 Å². The van der Waals surface area contributed by atoms with E-state index in [4.69, 9.17) is 14.2 Å². The number of amides is 1. The number of aromatic nitrogens is 3. The second kappa shape index (κ2) is 14.0. The number of methoxy groups -OCH3 is 1. The minimum absolute atomic E-state index is 0.0571. The van der Waals surface area contributed by atoms with Gasteiger partial charge in [-0.3, -0.25) is 4.79 Å². The number of pyridine rings is 1. The lowest BCUT2D eigenvalue weighted by Gasteiger charge is -2.35. The molecule has 12 nitrogen and oxygen atoms in total. The summed E-state index contributed by atoms with van der Waals surface area (Å²) in [4.78, 5) is 29.0. The van der Waals surface area contributed by atoms with Crippen LogP contribution < -0.4 is 25.0 Å². The number of morpholine rings is 1. The van der Waals surface area contributed by atoms with Gasteiger partial charge in [-0.25, -0.2) is 19.3 Å². The van der Waals surface area contributed by atoms with Crippen molar-refractivity contribution < 1.29 is 28.5 Å². The van der Waals surface area contributed by atoms with E-state index in [9.17, 15) is 9.90 Å². The minimum Gasteiger partial charge on any atom is -0.495 e. The monoisotopic (exact) mass is 629 g/mol. The number of benzene rings is 2. The van der Waals surface area contributed by atoms with Gasteiger partial charge in [0.2, 0.25) is 5.91 Å². The maximum Gasteiger partial charge on any atom is 0.245 e. The zero-order valence-corrected chi connectivity index (χ0v) is 25.5. The van der Waals surface area contributed by atoms with Crippen LogP contribution in [0.25, 0.3) is 10.9 Å². The van der Waals surface area contributed by atoms with E-state index >= 15 is 4.39 Å². The van der Waals surface area contributed by atoms with E-state index in [1.54, 1.807) is 42.5 Å². The highest BCUT2D eigenvalue weighted by atomic mass is 19.1. The number of piperidine rings is 1. The van der Waals surface area contributed by atoms with Gasteiger partial charge in [-0.05, 0) is 43.2 Å². The van der Waals surface area contributed by atoms with Gasteiger partial charge >= 0.3 is 0 Å². The molecule has 4 heterocycles. The predicted octanol–water partition coefficient (Wildman–Crippen LogP) is 4.49. The summed E-state index contributed by atoms with van der Waals surface area (Å²) in [6, 6.07) is 11.7. The van der Waals surface area contributed by atoms with Crippen molar-refractivity contribution in [3.05, 3.63) is 73.5 Å². The average molecular weight is 630 g/mol. The summed E-state index contributed by atoms with van der Waals surface area (Å²) >= 11 is 0. The van der Waals surface area contributed by atoms with Gasteiger partial charge in [0, 0.05) is 55.5 Å². The number of rotatable bonds is 10. The molecule has 2 aliphatic rings. The first-order valence-electron chi connectivity index (χ1n) is 15.1. The van der Waals surface area contributed by atoms with Crippen LogP contribution in [0.5, 0.6) is 17.2 Å². The van der Waals surface area contributed by atoms with Gasteiger partial charge in [0.25, 0.3) is 0 Å². The molecule has 2 saturated heterocycles. The number of carbonyl (C=O) groups is 1. The molecule has 13 heteroatoms. The molecule has 0 radical (unpaired) electrons. The Hall–Kier alpha value is -5.01. The highest BCUT2D eigenvalue weighted by Gasteiger charge is 2.25. The van der Waals surface area contributed by atoms with Crippen molar-refractivity contribution in [1.29, 1.82) is 0 Å². The number of ether oxygens (including phenoxy) is 3. The zero-order valence-electron chi connectivity index (χ0n) is 25.5. The highest BCUT2D eigenvalue weighted by molar-refractivity contribution is 5.95. The maximum absolute atomic E-state index is 15.4. The van der Waals surface area contributed by atoms with Gasteiger partial charge in [0.1, 0.15) is 41.0 Å². The molecule has 1 amide bonds. The van der Waals surface area contributed by atoms with Crippen molar-refractivity contribution in [3.63, 3.8) is 0 Å². The largest absolute Gasteiger partial charge is 0.495 e. The number of halogens is 1. The van der Waals surface area contributed by atoms with E-state index in [-0.39, 0.29) is 30.3 Å². The number of hydrogen-bond acceptors (Lipinski definition) is 11. The lowest BCUT2D eigenvalue weighted by Crippen LogP contribution is -2.48. The Kier molecular flexibility index (Phi) is 9.41. The van der Waals surface area contributed by atoms with Crippen LogP contribution in [0.1, 0.15) is 12.8 Å². The fourth-order valence-corrected chi connectivity index (χ4v) is 5.71. The third-order valence-corrected chi connectivity index (χ3v) is 8.18. The van der Waals surface area contributed by atoms with Crippen LogP contribution in [0.3, 0.4) is 0 Å². The summed E-state index contributed by atoms with van der Waals surface area (Å²) in [5, 5.41) is 17.1. The molecule has 0 bridgehead atoms. The molecule has 2 fully saturated rings. The third kappa shape index (κ3) is 6.80. The average Bonchev–Trinajstić information content (AvgIpc) is 3.09. The molecule has 1 atom stereocenters. The summed E-state index contributed by atoms with van der Waals surface area (Å²) in [5.74, 6) is 1.90. The lowest BCUT2D eigenvalue weighted by molar-refractivity contribution is -0.126. The van der Waals surface area contributed by atoms with Gasteiger partial charge in [-0.1, -0.05) is 6.58 Å². The van der Waals surface area contributed by atoms with Crippen LogP contribution in [0, 0.1) is 5.82 Å². The number of likely N-dealkylation sites (tertiary alicyclic amines) is 1. The summed E-state index contributed by atoms with van der Waals surface area (Å²) in [6.45, 7) is 6.33. The van der Waals surface area contributed by atoms with Gasteiger partial charge in [-0.2, -0.15) is 0 Å². The van der Waals surface area contributed by atoms with Gasteiger partial charge in [-0.15, -0.1) is 0 Å². The first kappa shape index (κ1) is 31.0. The van der Waals surface area contributed by atoms with E-state index in [2.05, 4.69) is 32.2 Å². The smallest absolute Gasteiger partial charge is 0.245 e. The van der Waals surface area contributed by atoms with Crippen molar-refractivity contribution in [2.75, 3.05) is 62.1 Å². The molecule has 3 N–H and O–H groups in total. The summed E-state index contributed by atoms with van der Waals surface area (Å²) in [7, 11) is 1.60. The van der Waals surface area contributed by atoms with Crippen molar-refractivity contribution in [2.24, 2.45) is 0 Å². The fourth-order valence-electron chi connectivity index (χ4n) is 5.71. The Bertz CT molecular complexity index is 1720. The van der Waals surface area contributed by atoms with Gasteiger partial charge in [0.05, 0.1) is 49.9 Å². The molecule has 2 aromatic heterocycles. The first-order chi connectivity index (χ1) is 22.4. The van der Waals surface area contributed by atoms with Crippen molar-refractivity contribution in [2.45, 2.75) is 24.9 Å². The number of aliphatic hydroxyl groups is 1. The van der Waals surface area contributed by atoms with Gasteiger partial charge in [0.15, 0.2) is 0 Å². The van der Waals surface area contributed by atoms with Crippen LogP contribution in [0.4, 0.5) is 27.4 Å². The summed E-state index contributed by atoms with van der Waals surface area (Å²) < 4.78 is 32.5. The molecule has 46 heavy (non-hydrogen) atoms. The summed E-state index contributed by atoms with van der Waals surface area (Å²) in [6.07, 6.45) is 5.92. The number of carbonyl (C=O) groups excluding carboxylic acids is 1. The molecule has 0 aliphatic carbocycles. The van der Waals surface area contributed by atoms with Crippen LogP contribution in [-0.4, -0.2) is 89.5 Å². The second-order valence-electron chi connectivity index (χ2n) is 11.1. The molecule has 2 aromatic carbocycles. The van der Waals surface area contributed by atoms with Crippen molar-refractivity contribution >= 4 is 39.8 Å². The SMILES string of the molecule is C=CC(=O)N1CCC(Nc2cc3c(Nc4ccc(Oc5ccnc(N6CCOC[C@@H]6CO)c5)cc4F)ncnc3cc2OC)CC1. The Morgan fingerprint density at radius 3 is 2.70 bits per heavy atom. The normalized spacial score (nSPS) is 17.1. The molecule has 0 spiro atoms. The van der Waals surface area contributed by atoms with E-state index in [1.807, 2.05) is 17.0 Å². The van der Waals surface area contributed by atoms with E-state index in [1.165, 1.54) is 18.5 Å². The topological polar surface area (TPSA) is 134 Å². The second-order valence-corrected chi connectivity index (χ2v) is 11.1. The van der Waals surface area contributed by atoms with Crippen molar-refractivity contribution in [1.82, 2.24) is 19.9 Å². The number of fused-ring (bicyclic) bond motifs is 1. The standard InChI is InChI=1S/C33H36FN7O5/c1-3-32(43)40-10-7-21(8-11-40)38-29-16-25-28(17-30(29)44-2)36-20-37-33(25)39-27-5-4-23(14-26(27)34)46-24-6-9-35-31(15-24)41-12-13-45-19-22(41)18-42/h3-6,9,14-17,20-22,38,42H,1,7-8,10-13,18-19H2,2H3,(H,36,37,39)/t22-/m0/s1. The molecule has 0 saturated carbocycles. The Labute approximate surface area is 265 Å². The number of anilines is 4. The van der Waals surface area contributed by atoms with Crippen LogP contribution in [0.2, 0.25) is 0 Å². The zero-order chi connectivity index (χ0) is 32.0. The fraction of sp³-hybridized carbons (Fsp3) is 0.333. The minimum atomic E-state index is -0.528. The third-order valence-electron chi connectivity index (χ3n) is 8.18. The number of aliphatic hydroxyl groups excluding tert-OH is 1. The number of nitrogens with zero attached hydrogens (tertiary/aromatic N) is 5. The first-order valence-corrected chi connectivity index (χ1v) is 15.1. The molecule has 6 rings (SSSR count). The molecule has 4 aromatic rings. The predicted molar refractivity (Wildman–Crippen MR) is 173 cm³/mol. The van der Waals surface area contributed by atoms with Gasteiger partial charge < -0.3 is 39.8 Å². The molecule has 240 valence electrons. The van der Waals surface area contributed by atoms with E-state index in [0.29, 0.717) is 72.6 Å². The number of hydrogen-bond donors (Lipinski definition) is 3. The van der Waals surface area contributed by atoms with E-state index in [0.717, 1.165) is 18.5 Å². The van der Waals surface area contributed by atoms with Crippen LogP contribution >= 0.6 is 0 Å². The van der Waals surface area contributed by atoms with Crippen LogP contribution in [0.15, 0.2) is 67.6 Å². The quantitative estimate of drug-likeness (QED) is 0.214. The van der Waals surface area contributed by atoms with Crippen molar-refractivity contribution in [3.8, 4) is 17.2 Å². The lowest BCUT2D eigenvalue weighted by atomic mass is 10.0. The Morgan fingerprint density at radius 1 is 1.11 bits per heavy atom. The maximum atomic E-state index is 15.4. The summed E-state index contributed by atoms with van der Waals surface area (Å²) in [5.41, 5.74) is 1.60. The van der Waals surface area contributed by atoms with Crippen LogP contribution in [-0.2, 0) is 9.53 Å². The molecular formula is C33H36FN7O5. The molecular weight excluding hydrogens is 593 g/mol. The molecule has 0 unspecified atom stereocenters. The molecule has 2 aliphatic heterocycles. The number of nitrogens with one attached hydrogen (secondary N) is 2. The Balaban J connectivity index is 1.18. The Morgan fingerprint density at radius 2 is 1.93 bits per heavy atom. The highest BCUT2D eigenvalue weighted by Crippen LogP contribution is 2.35.